The topological polar surface area (TPSA) is 46.5 Å². The maximum atomic E-state index is 10.9. The van der Waals surface area contributed by atoms with Gasteiger partial charge in [-0.2, -0.15) is 0 Å². The first-order chi connectivity index (χ1) is 7.61. The van der Waals surface area contributed by atoms with Crippen molar-refractivity contribution in [2.24, 2.45) is 0 Å². The van der Waals surface area contributed by atoms with Gasteiger partial charge in [0.2, 0.25) is 0 Å². The fraction of sp³-hybridized carbons (Fsp3) is 0.462. The quantitative estimate of drug-likeness (QED) is 0.779. The van der Waals surface area contributed by atoms with Crippen molar-refractivity contribution in [2.45, 2.75) is 32.3 Å². The Morgan fingerprint density at radius 2 is 2.00 bits per heavy atom. The van der Waals surface area contributed by atoms with Crippen LogP contribution >= 0.6 is 0 Å². The lowest BCUT2D eigenvalue weighted by Gasteiger charge is -2.26. The third kappa shape index (κ3) is 2.25. The summed E-state index contributed by atoms with van der Waals surface area (Å²) in [4.78, 5) is 10.9. The first kappa shape index (κ1) is 12.7. The molecule has 0 saturated heterocycles. The number of methoxy groups -OCH3 is 1. The SMILES string of the molecule is CCC(O)(CC)c1ccc(OC)c(C=O)c1. The Kier molecular flexibility index (Phi) is 4.07. The molecule has 3 nitrogen and oxygen atoms in total. The van der Waals surface area contributed by atoms with E-state index in [1.54, 1.807) is 18.2 Å². The monoisotopic (exact) mass is 222 g/mol. The lowest BCUT2D eigenvalue weighted by atomic mass is 9.87. The molecule has 0 aromatic heterocycles. The van der Waals surface area contributed by atoms with Crippen LogP contribution in [0.25, 0.3) is 0 Å². The molecule has 0 amide bonds. The molecule has 3 heteroatoms. The molecule has 0 spiro atoms. The van der Waals surface area contributed by atoms with Crippen LogP contribution in [0.15, 0.2) is 18.2 Å². The average molecular weight is 222 g/mol. The van der Waals surface area contributed by atoms with Crippen molar-refractivity contribution in [1.29, 1.82) is 0 Å². The Morgan fingerprint density at radius 3 is 2.44 bits per heavy atom. The molecule has 0 bridgehead atoms. The van der Waals surface area contributed by atoms with E-state index in [0.717, 1.165) is 11.8 Å². The predicted molar refractivity (Wildman–Crippen MR) is 62.9 cm³/mol. The number of aldehydes is 1. The van der Waals surface area contributed by atoms with Crippen LogP contribution in [0, 0.1) is 0 Å². The standard InChI is InChI=1S/C13H18O3/c1-4-13(15,5-2)11-6-7-12(16-3)10(8-11)9-14/h6-9,15H,4-5H2,1-3H3. The van der Waals surface area contributed by atoms with Gasteiger partial charge in [0.05, 0.1) is 18.3 Å². The van der Waals surface area contributed by atoms with E-state index in [2.05, 4.69) is 0 Å². The van der Waals surface area contributed by atoms with Crippen LogP contribution in [-0.2, 0) is 5.60 Å². The number of hydrogen-bond donors (Lipinski definition) is 1. The van der Waals surface area contributed by atoms with Gasteiger partial charge in [0, 0.05) is 0 Å². The average Bonchev–Trinajstić information content (AvgIpc) is 2.36. The number of aliphatic hydroxyl groups is 1. The molecule has 0 aliphatic heterocycles. The lowest BCUT2D eigenvalue weighted by Crippen LogP contribution is -2.23. The van der Waals surface area contributed by atoms with Gasteiger partial charge >= 0.3 is 0 Å². The molecule has 0 radical (unpaired) electrons. The van der Waals surface area contributed by atoms with Crippen molar-refractivity contribution >= 4 is 6.29 Å². The maximum absolute atomic E-state index is 10.9. The predicted octanol–water partition coefficient (Wildman–Crippen LogP) is 2.52. The molecule has 0 unspecified atom stereocenters. The largest absolute Gasteiger partial charge is 0.496 e. The van der Waals surface area contributed by atoms with Crippen LogP contribution in [-0.4, -0.2) is 18.5 Å². The van der Waals surface area contributed by atoms with Gasteiger partial charge in [-0.05, 0) is 30.5 Å². The third-order valence-corrected chi connectivity index (χ3v) is 3.06. The summed E-state index contributed by atoms with van der Waals surface area (Å²) in [7, 11) is 1.52. The number of hydrogen-bond acceptors (Lipinski definition) is 3. The van der Waals surface area contributed by atoms with Crippen LogP contribution in [0.3, 0.4) is 0 Å². The molecule has 1 rings (SSSR count). The highest BCUT2D eigenvalue weighted by atomic mass is 16.5. The van der Waals surface area contributed by atoms with Crippen molar-refractivity contribution in [2.75, 3.05) is 7.11 Å². The highest BCUT2D eigenvalue weighted by molar-refractivity contribution is 5.79. The van der Waals surface area contributed by atoms with Gasteiger partial charge in [0.15, 0.2) is 6.29 Å². The number of carbonyl (C=O) groups is 1. The second kappa shape index (κ2) is 5.12. The molecule has 0 aliphatic carbocycles. The van der Waals surface area contributed by atoms with Gasteiger partial charge in [-0.25, -0.2) is 0 Å². The Morgan fingerprint density at radius 1 is 1.38 bits per heavy atom. The Balaban J connectivity index is 3.21. The molecule has 0 saturated carbocycles. The second-order valence-corrected chi connectivity index (χ2v) is 3.81. The summed E-state index contributed by atoms with van der Waals surface area (Å²) in [5.41, 5.74) is 0.380. The smallest absolute Gasteiger partial charge is 0.153 e. The van der Waals surface area contributed by atoms with Crippen molar-refractivity contribution < 1.29 is 14.6 Å². The molecular weight excluding hydrogens is 204 g/mol. The van der Waals surface area contributed by atoms with Crippen molar-refractivity contribution in [3.05, 3.63) is 29.3 Å². The van der Waals surface area contributed by atoms with Crippen molar-refractivity contribution in [1.82, 2.24) is 0 Å². The van der Waals surface area contributed by atoms with Gasteiger partial charge in [-0.1, -0.05) is 19.9 Å². The molecule has 0 atom stereocenters. The van der Waals surface area contributed by atoms with Crippen LogP contribution in [0.1, 0.15) is 42.6 Å². The van der Waals surface area contributed by atoms with Gasteiger partial charge in [0.25, 0.3) is 0 Å². The highest BCUT2D eigenvalue weighted by Gasteiger charge is 2.25. The van der Waals surface area contributed by atoms with Crippen LogP contribution in [0.2, 0.25) is 0 Å². The molecule has 1 aromatic rings. The normalized spacial score (nSPS) is 11.2. The minimum absolute atomic E-state index is 0.473. The summed E-state index contributed by atoms with van der Waals surface area (Å²) in [5, 5.41) is 10.3. The van der Waals surface area contributed by atoms with E-state index in [1.165, 1.54) is 7.11 Å². The minimum atomic E-state index is -0.857. The van der Waals surface area contributed by atoms with E-state index in [0.29, 0.717) is 24.2 Å². The number of rotatable bonds is 5. The number of benzene rings is 1. The van der Waals surface area contributed by atoms with E-state index in [9.17, 15) is 9.90 Å². The minimum Gasteiger partial charge on any atom is -0.496 e. The molecule has 1 N–H and O–H groups in total. The van der Waals surface area contributed by atoms with Crippen LogP contribution < -0.4 is 4.74 Å². The lowest BCUT2D eigenvalue weighted by molar-refractivity contribution is 0.0283. The summed E-state index contributed by atoms with van der Waals surface area (Å²) in [6.45, 7) is 3.85. The zero-order valence-electron chi connectivity index (χ0n) is 9.99. The van der Waals surface area contributed by atoms with Gasteiger partial charge in [-0.3, -0.25) is 4.79 Å². The van der Waals surface area contributed by atoms with E-state index in [1.807, 2.05) is 13.8 Å². The van der Waals surface area contributed by atoms with E-state index in [4.69, 9.17) is 4.74 Å². The molecule has 1 aromatic carbocycles. The Hall–Kier alpha value is -1.35. The fourth-order valence-corrected chi connectivity index (χ4v) is 1.77. The van der Waals surface area contributed by atoms with Gasteiger partial charge in [-0.15, -0.1) is 0 Å². The van der Waals surface area contributed by atoms with Crippen LogP contribution in [0.4, 0.5) is 0 Å². The highest BCUT2D eigenvalue weighted by Crippen LogP contribution is 2.31. The summed E-state index contributed by atoms with van der Waals surface area (Å²) in [6, 6.07) is 5.22. The number of carbonyl (C=O) groups excluding carboxylic acids is 1. The zero-order valence-corrected chi connectivity index (χ0v) is 9.99. The van der Waals surface area contributed by atoms with Crippen LogP contribution in [0.5, 0.6) is 5.75 Å². The van der Waals surface area contributed by atoms with E-state index in [-0.39, 0.29) is 0 Å². The van der Waals surface area contributed by atoms with E-state index >= 15 is 0 Å². The Labute approximate surface area is 96.1 Å². The Bertz CT molecular complexity index is 367. The first-order valence-corrected chi connectivity index (χ1v) is 5.47. The molecule has 0 aliphatic rings. The van der Waals surface area contributed by atoms with Crippen molar-refractivity contribution in [3.8, 4) is 5.75 Å². The van der Waals surface area contributed by atoms with Crippen molar-refractivity contribution in [3.63, 3.8) is 0 Å². The first-order valence-electron chi connectivity index (χ1n) is 5.47. The molecule has 0 fully saturated rings. The number of ether oxygens (including phenoxy) is 1. The maximum Gasteiger partial charge on any atom is 0.153 e. The second-order valence-electron chi connectivity index (χ2n) is 3.81. The molecular formula is C13H18O3. The zero-order chi connectivity index (χ0) is 12.2. The molecule has 88 valence electrons. The summed E-state index contributed by atoms with van der Waals surface area (Å²) in [5.74, 6) is 0.535. The molecule has 0 heterocycles. The fourth-order valence-electron chi connectivity index (χ4n) is 1.77. The molecule has 16 heavy (non-hydrogen) atoms. The summed E-state index contributed by atoms with van der Waals surface area (Å²) >= 11 is 0. The summed E-state index contributed by atoms with van der Waals surface area (Å²) < 4.78 is 5.06. The van der Waals surface area contributed by atoms with Gasteiger partial charge < -0.3 is 9.84 Å². The van der Waals surface area contributed by atoms with Gasteiger partial charge in [0.1, 0.15) is 5.75 Å². The third-order valence-electron chi connectivity index (χ3n) is 3.06. The van der Waals surface area contributed by atoms with E-state index < -0.39 is 5.60 Å². The summed E-state index contributed by atoms with van der Waals surface area (Å²) in [6.07, 6.45) is 1.98.